The first-order valence-corrected chi connectivity index (χ1v) is 24.5. The Morgan fingerprint density at radius 3 is 1.49 bits per heavy atom. The fourth-order valence-electron chi connectivity index (χ4n) is 11.4. The van der Waals surface area contributed by atoms with Gasteiger partial charge in [0.05, 0.1) is 37.7 Å². The molecule has 18 heteroatoms. The van der Waals surface area contributed by atoms with Gasteiger partial charge in [0, 0.05) is 49.6 Å². The topological polar surface area (TPSA) is 193 Å². The lowest BCUT2D eigenvalue weighted by molar-refractivity contribution is -0.138. The lowest BCUT2D eigenvalue weighted by Crippen LogP contribution is -2.54. The molecule has 0 unspecified atom stereocenters. The predicted octanol–water partition coefficient (Wildman–Crippen LogP) is 8.22. The summed E-state index contributed by atoms with van der Waals surface area (Å²) in [6.07, 6.45) is 4.86. The zero-order chi connectivity index (χ0) is 46.8. The zero-order valence-corrected chi connectivity index (χ0v) is 39.4. The summed E-state index contributed by atoms with van der Waals surface area (Å²) in [6, 6.07) is 18.8. The molecule has 6 heterocycles. The van der Waals surface area contributed by atoms with Crippen molar-refractivity contribution >= 4 is 58.0 Å². The van der Waals surface area contributed by atoms with Crippen molar-refractivity contribution in [1.82, 2.24) is 40.4 Å². The number of alkyl carbamates (subject to hydrolysis) is 2. The van der Waals surface area contributed by atoms with Gasteiger partial charge < -0.3 is 49.3 Å². The van der Waals surface area contributed by atoms with E-state index < -0.39 is 24.3 Å². The number of hydrogen-bond acceptors (Lipinski definition) is 10. The van der Waals surface area contributed by atoms with E-state index in [4.69, 9.17) is 52.1 Å². The molecule has 0 spiro atoms. The molecule has 3 aromatic carbocycles. The number of aromatic nitrogens is 4. The van der Waals surface area contributed by atoms with Crippen LogP contribution in [0, 0.1) is 23.7 Å². The molecule has 6 aliphatic rings. The Labute approximate surface area is 403 Å². The molecular formula is C50H54Cl2N8O8. The fraction of sp³-hybridized carbons (Fsp3) is 0.480. The van der Waals surface area contributed by atoms with Gasteiger partial charge in [-0.15, -0.1) is 0 Å². The number of imidazole rings is 2. The normalized spacial score (nSPS) is 25.4. The quantitative estimate of drug-likeness (QED) is 0.100. The Bertz CT molecular complexity index is 2750. The molecule has 5 aromatic rings. The van der Waals surface area contributed by atoms with Gasteiger partial charge in [-0.3, -0.25) is 9.59 Å². The van der Waals surface area contributed by atoms with Crippen molar-refractivity contribution in [2.24, 2.45) is 23.7 Å². The molecule has 8 atom stereocenters. The van der Waals surface area contributed by atoms with E-state index in [9.17, 15) is 19.2 Å². The number of fused-ring (bicyclic) bond motifs is 3. The molecule has 11 rings (SSSR count). The van der Waals surface area contributed by atoms with Crippen LogP contribution < -0.4 is 10.6 Å². The van der Waals surface area contributed by atoms with Crippen molar-refractivity contribution < 1.29 is 38.1 Å². The predicted molar refractivity (Wildman–Crippen MR) is 253 cm³/mol. The van der Waals surface area contributed by atoms with Crippen molar-refractivity contribution in [1.29, 1.82) is 0 Å². The minimum Gasteiger partial charge on any atom is -0.453 e. The fourth-order valence-corrected chi connectivity index (χ4v) is 11.9. The highest BCUT2D eigenvalue weighted by molar-refractivity contribution is 6.32. The lowest BCUT2D eigenvalue weighted by atomic mass is 9.90. The van der Waals surface area contributed by atoms with E-state index in [0.717, 1.165) is 58.7 Å². The molecule has 16 nitrogen and oxygen atoms in total. The Kier molecular flexibility index (Phi) is 12.1. The van der Waals surface area contributed by atoms with Crippen molar-refractivity contribution in [3.8, 4) is 33.6 Å². The number of benzene rings is 3. The van der Waals surface area contributed by atoms with Gasteiger partial charge in [-0.25, -0.2) is 19.6 Å². The number of aromatic amines is 2. The number of carbonyl (C=O) groups excluding carboxylic acids is 4. The van der Waals surface area contributed by atoms with Crippen LogP contribution in [-0.2, 0) is 28.5 Å². The van der Waals surface area contributed by atoms with Gasteiger partial charge >= 0.3 is 12.2 Å². The van der Waals surface area contributed by atoms with Gasteiger partial charge in [-0.05, 0) is 109 Å². The number of ether oxygens (including phenoxy) is 4. The van der Waals surface area contributed by atoms with Gasteiger partial charge in [-0.2, -0.15) is 0 Å². The first-order valence-electron chi connectivity index (χ1n) is 23.7. The highest BCUT2D eigenvalue weighted by atomic mass is 35.5. The second-order valence-electron chi connectivity index (χ2n) is 19.2. The lowest BCUT2D eigenvalue weighted by Gasteiger charge is -2.35. The van der Waals surface area contributed by atoms with Crippen LogP contribution in [0.25, 0.3) is 44.4 Å². The summed E-state index contributed by atoms with van der Waals surface area (Å²) < 4.78 is 21.0. The van der Waals surface area contributed by atoms with Gasteiger partial charge in [0.15, 0.2) is 10.3 Å². The molecule has 0 radical (unpaired) electrons. The molecule has 4 amide bonds. The summed E-state index contributed by atoms with van der Waals surface area (Å²) in [4.78, 5) is 73.8. The van der Waals surface area contributed by atoms with Crippen molar-refractivity contribution in [3.05, 3.63) is 82.6 Å². The van der Waals surface area contributed by atoms with E-state index >= 15 is 0 Å². The number of nitrogens with zero attached hydrogens (tertiary/aromatic N) is 4. The molecule has 2 aliphatic carbocycles. The summed E-state index contributed by atoms with van der Waals surface area (Å²) in [6.45, 7) is 2.17. The molecule has 4 N–H and O–H groups in total. The van der Waals surface area contributed by atoms with Gasteiger partial charge in [0.25, 0.3) is 0 Å². The first kappa shape index (κ1) is 44.8. The van der Waals surface area contributed by atoms with Crippen LogP contribution in [0.1, 0.15) is 75.1 Å². The maximum Gasteiger partial charge on any atom is 0.407 e. The number of H-pyrrole nitrogens is 2. The smallest absolute Gasteiger partial charge is 0.407 e. The highest BCUT2D eigenvalue weighted by Gasteiger charge is 2.58. The third-order valence-corrected chi connectivity index (χ3v) is 15.8. The molecule has 0 bridgehead atoms. The Balaban J connectivity index is 0.789. The number of hydrogen-bond donors (Lipinski definition) is 4. The second-order valence-corrected chi connectivity index (χ2v) is 19.9. The molecule has 4 saturated heterocycles. The average molecular weight is 966 g/mol. The average Bonchev–Trinajstić information content (AvgIpc) is 4.08. The zero-order valence-electron chi connectivity index (χ0n) is 37.8. The molecule has 356 valence electrons. The largest absolute Gasteiger partial charge is 0.453 e. The van der Waals surface area contributed by atoms with E-state index in [-0.39, 0.29) is 47.8 Å². The maximum atomic E-state index is 14.3. The summed E-state index contributed by atoms with van der Waals surface area (Å²) in [5.41, 5.74) is 5.17. The number of methoxy groups -OCH3 is 2. The van der Waals surface area contributed by atoms with Gasteiger partial charge in [0.1, 0.15) is 23.7 Å². The Morgan fingerprint density at radius 1 is 0.603 bits per heavy atom. The Hall–Kier alpha value is -5.68. The number of amides is 4. The summed E-state index contributed by atoms with van der Waals surface area (Å²) in [5, 5.41) is 8.42. The van der Waals surface area contributed by atoms with Crippen LogP contribution in [0.3, 0.4) is 0 Å². The van der Waals surface area contributed by atoms with Gasteiger partial charge in [0.2, 0.25) is 11.8 Å². The number of likely N-dealkylation sites (tertiary alicyclic amines) is 2. The number of rotatable bonds is 11. The van der Waals surface area contributed by atoms with E-state index in [1.165, 1.54) is 14.2 Å². The van der Waals surface area contributed by atoms with Crippen LogP contribution in [-0.4, -0.2) is 119 Å². The molecule has 6 fully saturated rings. The van der Waals surface area contributed by atoms with Crippen LogP contribution in [0.4, 0.5) is 9.59 Å². The van der Waals surface area contributed by atoms with Crippen LogP contribution in [0.15, 0.2) is 60.7 Å². The van der Waals surface area contributed by atoms with Crippen molar-refractivity contribution in [2.45, 2.75) is 87.6 Å². The molecular weight excluding hydrogens is 912 g/mol. The summed E-state index contributed by atoms with van der Waals surface area (Å²) in [5.74, 6) is 1.68. The Morgan fingerprint density at radius 2 is 1.01 bits per heavy atom. The van der Waals surface area contributed by atoms with Crippen LogP contribution >= 0.6 is 23.2 Å². The second kappa shape index (κ2) is 18.3. The number of piperidine rings is 2. The minimum atomic E-state index is -0.718. The summed E-state index contributed by atoms with van der Waals surface area (Å²) >= 11 is 13.7. The van der Waals surface area contributed by atoms with E-state index in [1.807, 2.05) is 28.0 Å². The molecule has 68 heavy (non-hydrogen) atoms. The minimum absolute atomic E-state index is 0.0557. The van der Waals surface area contributed by atoms with E-state index in [1.54, 1.807) is 0 Å². The van der Waals surface area contributed by atoms with Crippen molar-refractivity contribution in [3.63, 3.8) is 0 Å². The SMILES string of the molecule is COC(=O)N[C@H](C(=O)N1[C@@H]2C[C@@H]2C[C@H]1c1nc(Cl)c(-c2ccc(-c3ccc4cc(-c5[nH]c([C@@H]6C[C@H]7C[C@H]7N6C(=O)[C@@H](NC(=O)OC)C6CCOCC6)nc5Cl)ccc4c3)cc2)[nH]1)C1CCOCC1. The molecule has 2 saturated carbocycles. The third-order valence-electron chi connectivity index (χ3n) is 15.3. The first-order chi connectivity index (χ1) is 33.1. The molecule has 4 aliphatic heterocycles. The standard InChI is InChI=1S/C50H54Cl2N8O8/c1-65-49(63)55-41(27-11-15-67-16-12-27)47(61)59-35-21-33(35)23-37(59)45-53-39(43(51)57-45)26-5-3-25(4-6-26)29-7-8-31-20-32(10-9-30(31)19-29)40-44(52)58-46(54-40)38-24-34-22-36(34)60(38)48(62)42(56-50(64)66-2)28-13-17-68-18-14-28/h3-10,19-20,27-28,33-38,41-42H,11-18,21-24H2,1-2H3,(H,53,57)(H,54,58)(H,55,63)(H,56,64)/t33-,34-,35-,36-,37+,38+,41+,42+/m1/s1. The maximum absolute atomic E-state index is 14.3. The number of halogens is 2. The monoisotopic (exact) mass is 964 g/mol. The molecule has 2 aromatic heterocycles. The van der Waals surface area contributed by atoms with Crippen LogP contribution in [0.5, 0.6) is 0 Å². The number of carbonyl (C=O) groups is 4. The highest BCUT2D eigenvalue weighted by Crippen LogP contribution is 2.55. The van der Waals surface area contributed by atoms with Crippen LogP contribution in [0.2, 0.25) is 10.3 Å². The summed E-state index contributed by atoms with van der Waals surface area (Å²) in [7, 11) is 2.61. The van der Waals surface area contributed by atoms with Gasteiger partial charge in [-0.1, -0.05) is 71.7 Å². The van der Waals surface area contributed by atoms with E-state index in [0.29, 0.717) is 97.3 Å². The van der Waals surface area contributed by atoms with E-state index in [2.05, 4.69) is 63.1 Å². The third kappa shape index (κ3) is 8.47. The number of nitrogens with one attached hydrogen (secondary N) is 4. The van der Waals surface area contributed by atoms with Crippen molar-refractivity contribution in [2.75, 3.05) is 40.6 Å².